The molecule has 7 nitrogen and oxygen atoms in total. The quantitative estimate of drug-likeness (QED) is 0.645. The summed E-state index contributed by atoms with van der Waals surface area (Å²) in [6.45, 7) is 0.323. The van der Waals surface area contributed by atoms with Gasteiger partial charge in [-0.2, -0.15) is 0 Å². The number of rotatable bonds is 3. The number of esters is 1. The van der Waals surface area contributed by atoms with Gasteiger partial charge in [-0.05, 0) is 41.8 Å². The second-order valence-electron chi connectivity index (χ2n) is 6.43. The number of benzene rings is 1. The van der Waals surface area contributed by atoms with Gasteiger partial charge < -0.3 is 9.64 Å². The molecule has 3 heterocycles. The van der Waals surface area contributed by atoms with E-state index in [9.17, 15) is 19.2 Å². The molecule has 1 aromatic carbocycles. The molecule has 3 amide bonds. The smallest absolute Gasteiger partial charge is 0.348 e. The number of carbonyl (C=O) groups is 4. The van der Waals surface area contributed by atoms with Crippen molar-refractivity contribution < 1.29 is 23.9 Å². The number of nitrogens with one attached hydrogen (secondary N) is 1. The Labute approximate surface area is 158 Å². The van der Waals surface area contributed by atoms with Crippen molar-refractivity contribution in [2.45, 2.75) is 25.4 Å². The molecule has 1 aromatic heterocycles. The average Bonchev–Trinajstić information content (AvgIpc) is 3.26. The minimum atomic E-state index is -0.626. The summed E-state index contributed by atoms with van der Waals surface area (Å²) in [6.07, 6.45) is 0.567. The second kappa shape index (κ2) is 6.62. The van der Waals surface area contributed by atoms with E-state index in [2.05, 4.69) is 5.32 Å². The van der Waals surface area contributed by atoms with Crippen LogP contribution in [-0.4, -0.2) is 41.7 Å². The van der Waals surface area contributed by atoms with Crippen molar-refractivity contribution in [3.8, 4) is 10.4 Å². The van der Waals surface area contributed by atoms with E-state index in [0.29, 0.717) is 23.4 Å². The van der Waals surface area contributed by atoms with Crippen molar-refractivity contribution in [3.63, 3.8) is 0 Å². The molecule has 1 saturated heterocycles. The fraction of sp³-hybridized carbons (Fsp3) is 0.263. The highest BCUT2D eigenvalue weighted by atomic mass is 32.1. The Hall–Kier alpha value is -3.00. The molecule has 2 aliphatic rings. The van der Waals surface area contributed by atoms with Gasteiger partial charge in [-0.1, -0.05) is 6.07 Å². The molecule has 0 spiro atoms. The first-order chi connectivity index (χ1) is 13.0. The second-order valence-corrected chi connectivity index (χ2v) is 7.51. The van der Waals surface area contributed by atoms with E-state index in [1.165, 1.54) is 23.3 Å². The van der Waals surface area contributed by atoms with Gasteiger partial charge in [0.25, 0.3) is 5.91 Å². The number of carbonyl (C=O) groups excluding carboxylic acids is 4. The lowest BCUT2D eigenvalue weighted by molar-refractivity contribution is -0.136. The molecule has 0 aliphatic carbocycles. The predicted molar refractivity (Wildman–Crippen MR) is 97.1 cm³/mol. The van der Waals surface area contributed by atoms with Gasteiger partial charge in [0.15, 0.2) is 0 Å². The molecule has 2 aliphatic heterocycles. The van der Waals surface area contributed by atoms with Crippen molar-refractivity contribution in [1.29, 1.82) is 0 Å². The van der Waals surface area contributed by atoms with Crippen LogP contribution in [0.4, 0.5) is 0 Å². The standard InChI is InChI=1S/C19H16N2O5S/c1-26-19(25)15-6-5-14(27-15)10-2-3-12-11(8-10)9-21(18(12)24)13-4-7-16(22)20-17(13)23/h2-3,5-6,8,13H,4,7,9H2,1H3,(H,20,22,23). The van der Waals surface area contributed by atoms with Crippen LogP contribution in [0.15, 0.2) is 30.3 Å². The van der Waals surface area contributed by atoms with E-state index in [-0.39, 0.29) is 24.2 Å². The first kappa shape index (κ1) is 17.4. The maximum absolute atomic E-state index is 12.7. The van der Waals surface area contributed by atoms with E-state index in [4.69, 9.17) is 4.74 Å². The topological polar surface area (TPSA) is 92.8 Å². The highest BCUT2D eigenvalue weighted by Gasteiger charge is 2.39. The molecule has 1 unspecified atom stereocenters. The third-order valence-electron chi connectivity index (χ3n) is 4.80. The third-order valence-corrected chi connectivity index (χ3v) is 5.91. The first-order valence-corrected chi connectivity index (χ1v) is 9.25. The highest BCUT2D eigenvalue weighted by molar-refractivity contribution is 7.17. The molecule has 138 valence electrons. The van der Waals surface area contributed by atoms with Gasteiger partial charge in [-0.15, -0.1) is 11.3 Å². The molecular weight excluding hydrogens is 368 g/mol. The molecule has 1 atom stereocenters. The van der Waals surface area contributed by atoms with E-state index in [0.717, 1.165) is 16.0 Å². The van der Waals surface area contributed by atoms with Crippen LogP contribution in [0.25, 0.3) is 10.4 Å². The number of imide groups is 1. The van der Waals surface area contributed by atoms with Gasteiger partial charge in [-0.3, -0.25) is 19.7 Å². The molecule has 8 heteroatoms. The van der Waals surface area contributed by atoms with Gasteiger partial charge in [-0.25, -0.2) is 4.79 Å². The van der Waals surface area contributed by atoms with Crippen molar-refractivity contribution in [2.75, 3.05) is 7.11 Å². The zero-order valence-electron chi connectivity index (χ0n) is 14.5. The minimum absolute atomic E-state index is 0.201. The van der Waals surface area contributed by atoms with Crippen LogP contribution in [0.3, 0.4) is 0 Å². The summed E-state index contributed by atoms with van der Waals surface area (Å²) in [5.41, 5.74) is 2.29. The Bertz CT molecular complexity index is 980. The summed E-state index contributed by atoms with van der Waals surface area (Å²) in [5, 5.41) is 2.30. The van der Waals surface area contributed by atoms with E-state index < -0.39 is 11.9 Å². The van der Waals surface area contributed by atoms with Gasteiger partial charge in [0.05, 0.1) is 7.11 Å². The predicted octanol–water partition coefficient (Wildman–Crippen LogP) is 1.96. The Morgan fingerprint density at radius 1 is 1.22 bits per heavy atom. The number of hydrogen-bond acceptors (Lipinski definition) is 6. The minimum Gasteiger partial charge on any atom is -0.465 e. The Kier molecular flexibility index (Phi) is 4.27. The lowest BCUT2D eigenvalue weighted by atomic mass is 10.0. The normalized spacial score (nSPS) is 19.1. The molecular formula is C19H16N2O5S. The Balaban J connectivity index is 1.59. The SMILES string of the molecule is COC(=O)c1ccc(-c2ccc3c(c2)CN(C2CCC(=O)NC2=O)C3=O)s1. The molecule has 1 N–H and O–H groups in total. The molecule has 1 fully saturated rings. The Morgan fingerprint density at radius 2 is 2.04 bits per heavy atom. The van der Waals surface area contributed by atoms with Gasteiger partial charge in [0, 0.05) is 23.4 Å². The first-order valence-electron chi connectivity index (χ1n) is 8.44. The number of fused-ring (bicyclic) bond motifs is 1. The maximum Gasteiger partial charge on any atom is 0.348 e. The van der Waals surface area contributed by atoms with Crippen LogP contribution in [0.2, 0.25) is 0 Å². The highest BCUT2D eigenvalue weighted by Crippen LogP contribution is 2.34. The summed E-state index contributed by atoms with van der Waals surface area (Å²) in [7, 11) is 1.34. The van der Waals surface area contributed by atoms with Gasteiger partial charge in [0.2, 0.25) is 11.8 Å². The van der Waals surface area contributed by atoms with Crippen molar-refractivity contribution in [3.05, 3.63) is 46.3 Å². The van der Waals surface area contributed by atoms with Crippen LogP contribution < -0.4 is 5.32 Å². The van der Waals surface area contributed by atoms with Gasteiger partial charge in [0.1, 0.15) is 10.9 Å². The largest absolute Gasteiger partial charge is 0.465 e. The molecule has 0 radical (unpaired) electrons. The molecule has 4 rings (SSSR count). The zero-order chi connectivity index (χ0) is 19.1. The number of ether oxygens (including phenoxy) is 1. The average molecular weight is 384 g/mol. The summed E-state index contributed by atoms with van der Waals surface area (Å²) in [5.74, 6) is -1.31. The lowest BCUT2D eigenvalue weighted by Crippen LogP contribution is -2.52. The maximum atomic E-state index is 12.7. The molecule has 2 aromatic rings. The summed E-state index contributed by atoms with van der Waals surface area (Å²) in [6, 6.07) is 8.41. The number of methoxy groups -OCH3 is 1. The third kappa shape index (κ3) is 3.02. The number of hydrogen-bond donors (Lipinski definition) is 1. The number of thiophene rings is 1. The summed E-state index contributed by atoms with van der Waals surface area (Å²) >= 11 is 1.32. The monoisotopic (exact) mass is 384 g/mol. The van der Waals surface area contributed by atoms with E-state index in [1.807, 2.05) is 18.2 Å². The van der Waals surface area contributed by atoms with Gasteiger partial charge >= 0.3 is 5.97 Å². The van der Waals surface area contributed by atoms with Crippen LogP contribution in [0, 0.1) is 0 Å². The van der Waals surface area contributed by atoms with Crippen molar-refractivity contribution in [2.24, 2.45) is 0 Å². The molecule has 27 heavy (non-hydrogen) atoms. The fourth-order valence-electron chi connectivity index (χ4n) is 3.43. The summed E-state index contributed by atoms with van der Waals surface area (Å²) in [4.78, 5) is 50.7. The number of nitrogens with zero attached hydrogens (tertiary/aromatic N) is 1. The zero-order valence-corrected chi connectivity index (χ0v) is 15.3. The van der Waals surface area contributed by atoms with E-state index >= 15 is 0 Å². The number of amides is 3. The lowest BCUT2D eigenvalue weighted by Gasteiger charge is -2.29. The van der Waals surface area contributed by atoms with E-state index in [1.54, 1.807) is 12.1 Å². The van der Waals surface area contributed by atoms with Crippen LogP contribution in [0.1, 0.15) is 38.4 Å². The molecule has 0 bridgehead atoms. The Morgan fingerprint density at radius 3 is 2.78 bits per heavy atom. The molecule has 0 saturated carbocycles. The van der Waals surface area contributed by atoms with Crippen molar-refractivity contribution in [1.82, 2.24) is 10.2 Å². The van der Waals surface area contributed by atoms with Crippen LogP contribution >= 0.6 is 11.3 Å². The van der Waals surface area contributed by atoms with Crippen molar-refractivity contribution >= 4 is 35.0 Å². The van der Waals surface area contributed by atoms with Crippen LogP contribution in [0.5, 0.6) is 0 Å². The van der Waals surface area contributed by atoms with Crippen LogP contribution in [-0.2, 0) is 20.9 Å². The number of piperidine rings is 1. The fourth-order valence-corrected chi connectivity index (χ4v) is 4.35. The summed E-state index contributed by atoms with van der Waals surface area (Å²) < 4.78 is 4.73.